The van der Waals surface area contributed by atoms with Crippen molar-refractivity contribution in [2.75, 3.05) is 4.90 Å². The summed E-state index contributed by atoms with van der Waals surface area (Å²) in [7, 11) is 0. The molecule has 0 aliphatic rings. The van der Waals surface area contributed by atoms with Gasteiger partial charge in [-0.1, -0.05) is 0 Å². The average Bonchev–Trinajstić information content (AvgIpc) is 2.70. The Morgan fingerprint density at radius 3 is 2.15 bits per heavy atom. The molecule has 0 spiro atoms. The second-order valence-electron chi connectivity index (χ2n) is 6.44. The van der Waals surface area contributed by atoms with Gasteiger partial charge in [0.2, 0.25) is 0 Å². The van der Waals surface area contributed by atoms with Gasteiger partial charge in [-0.3, -0.25) is 0 Å². The second-order valence-corrected chi connectivity index (χ2v) is 7.42. The first-order valence-electron chi connectivity index (χ1n) is 8.99. The van der Waals surface area contributed by atoms with Gasteiger partial charge in [0.25, 0.3) is 0 Å². The van der Waals surface area contributed by atoms with E-state index in [1.165, 1.54) is 47.3 Å². The van der Waals surface area contributed by atoms with Crippen LogP contribution in [0.3, 0.4) is 0 Å². The monoisotopic (exact) mass is 521 g/mol. The Kier molecular flexibility index (Phi) is 6.73. The van der Waals surface area contributed by atoms with E-state index in [9.17, 15) is 0 Å². The topological polar surface area (TPSA) is 3.24 Å². The molecule has 0 aromatic heterocycles. The third-order valence-electron chi connectivity index (χ3n) is 4.42. The first kappa shape index (κ1) is 19.3. The summed E-state index contributed by atoms with van der Waals surface area (Å²) < 4.78 is 2.14. The fourth-order valence-electron chi connectivity index (χ4n) is 2.95. The minimum absolute atomic E-state index is 1.15. The van der Waals surface area contributed by atoms with Crippen LogP contribution in [0.4, 0.5) is 11.4 Å². The van der Waals surface area contributed by atoms with Crippen LogP contribution in [0.2, 0.25) is 0 Å². The number of allylic oxidation sites excluding steroid dienone is 3. The van der Waals surface area contributed by atoms with Crippen LogP contribution < -0.4 is 4.90 Å². The average molecular weight is 521 g/mol. The Morgan fingerprint density at radius 2 is 1.48 bits per heavy atom. The third kappa shape index (κ3) is 5.02. The fraction of sp³-hybridized carbons (Fsp3) is 0.0800. The van der Waals surface area contributed by atoms with Crippen molar-refractivity contribution in [2.24, 2.45) is 0 Å². The van der Waals surface area contributed by atoms with E-state index in [2.05, 4.69) is 120 Å². The number of anilines is 2. The summed E-state index contributed by atoms with van der Waals surface area (Å²) in [5, 5.41) is 0. The zero-order valence-corrected chi connectivity index (χ0v) is 18.6. The van der Waals surface area contributed by atoms with Crippen molar-refractivity contribution in [3.05, 3.63) is 114 Å². The van der Waals surface area contributed by atoms with Gasteiger partial charge < -0.3 is 0 Å². The molecule has 0 radical (unpaired) electrons. The van der Waals surface area contributed by atoms with Crippen molar-refractivity contribution in [2.45, 2.75) is 13.8 Å². The predicted molar refractivity (Wildman–Crippen MR) is 114 cm³/mol. The summed E-state index contributed by atoms with van der Waals surface area (Å²) in [6, 6.07) is 27.7. The van der Waals surface area contributed by atoms with Crippen LogP contribution in [0.1, 0.15) is 16.7 Å². The van der Waals surface area contributed by atoms with Gasteiger partial charge in [0, 0.05) is 0 Å². The zero-order chi connectivity index (χ0) is 19.1. The molecule has 0 aliphatic carbocycles. The molecule has 134 valence electrons. The van der Waals surface area contributed by atoms with Gasteiger partial charge in [0.05, 0.1) is 0 Å². The van der Waals surface area contributed by atoms with Crippen LogP contribution in [0, 0.1) is 13.8 Å². The van der Waals surface area contributed by atoms with Crippen LogP contribution in [-0.2, 0) is 19.4 Å². The van der Waals surface area contributed by atoms with E-state index >= 15 is 0 Å². The predicted octanol–water partition coefficient (Wildman–Crippen LogP) is 6.39. The van der Waals surface area contributed by atoms with Gasteiger partial charge in [-0.25, -0.2) is 0 Å². The Hall–Kier alpha value is -2.50. The van der Waals surface area contributed by atoms with Gasteiger partial charge in [0.15, 0.2) is 0 Å². The normalized spacial score (nSPS) is 11.6. The first-order valence-corrected chi connectivity index (χ1v) is 10.7. The van der Waals surface area contributed by atoms with E-state index in [1.54, 1.807) is 0 Å². The summed E-state index contributed by atoms with van der Waals surface area (Å²) in [4.78, 5) is 2.28. The molecule has 0 fully saturated rings. The number of nitrogens with zero attached hydrogens (tertiary/aromatic N) is 1. The molecule has 3 aromatic carbocycles. The number of benzene rings is 3. The van der Waals surface area contributed by atoms with E-state index in [4.69, 9.17) is 0 Å². The number of hydrogen-bond acceptors (Lipinski definition) is 1. The fourth-order valence-corrected chi connectivity index (χ4v) is 3.23. The van der Waals surface area contributed by atoms with Gasteiger partial charge >= 0.3 is 173 Å². The van der Waals surface area contributed by atoms with Crippen molar-refractivity contribution >= 4 is 21.3 Å². The van der Waals surface area contributed by atoms with E-state index < -0.39 is 0 Å². The molecule has 0 atom stereocenters. The summed E-state index contributed by atoms with van der Waals surface area (Å²) >= 11 is 1.45. The van der Waals surface area contributed by atoms with E-state index in [1.807, 2.05) is 0 Å². The standard InChI is InChI=1S/C25H23N.W/c1-4-10-23(22-17-15-20(2)16-18-22)19-26(24-12-6-5-7-13-24)25-14-9-8-11-21(25)3;/h1,4-19H,2-3H3;. The number of aryl methyl sites for hydroxylation is 2. The Labute approximate surface area is 173 Å². The molecule has 3 aromatic rings. The molecule has 0 N–H and O–H groups in total. The maximum absolute atomic E-state index is 2.28. The van der Waals surface area contributed by atoms with Gasteiger partial charge in [0.1, 0.15) is 0 Å². The molecule has 27 heavy (non-hydrogen) atoms. The zero-order valence-electron chi connectivity index (χ0n) is 15.7. The first-order chi connectivity index (χ1) is 13.2. The Bertz CT molecular complexity index is 953. The summed E-state index contributed by atoms with van der Waals surface area (Å²) in [5.74, 6) is 0. The van der Waals surface area contributed by atoms with Crippen molar-refractivity contribution in [1.29, 1.82) is 0 Å². The van der Waals surface area contributed by atoms with Crippen molar-refractivity contribution in [1.82, 2.24) is 0 Å². The molecule has 0 heterocycles. The number of rotatable bonds is 6. The van der Waals surface area contributed by atoms with Crippen LogP contribution in [-0.4, -0.2) is 4.40 Å². The molecule has 0 bridgehead atoms. The second kappa shape index (κ2) is 9.44. The molecule has 0 saturated carbocycles. The van der Waals surface area contributed by atoms with Crippen LogP contribution in [0.15, 0.2) is 97.2 Å². The molecule has 0 unspecified atom stereocenters. The van der Waals surface area contributed by atoms with E-state index in [0.29, 0.717) is 0 Å². The molecule has 0 saturated heterocycles. The van der Waals surface area contributed by atoms with Crippen LogP contribution >= 0.6 is 0 Å². The van der Waals surface area contributed by atoms with Crippen LogP contribution in [0.5, 0.6) is 0 Å². The quantitative estimate of drug-likeness (QED) is 0.340. The molecule has 1 nitrogen and oxygen atoms in total. The summed E-state index contributed by atoms with van der Waals surface area (Å²) in [5.41, 5.74) is 7.25. The summed E-state index contributed by atoms with van der Waals surface area (Å²) in [6.45, 7) is 4.28. The van der Waals surface area contributed by atoms with E-state index in [-0.39, 0.29) is 0 Å². The molecular formula is C25H23NW. The Balaban J connectivity index is 2.16. The number of para-hydroxylation sites is 2. The van der Waals surface area contributed by atoms with Gasteiger partial charge in [-0.2, -0.15) is 0 Å². The van der Waals surface area contributed by atoms with Crippen molar-refractivity contribution in [3.63, 3.8) is 0 Å². The SMILES string of the molecule is Cc1ccc(C(C=C[CH]=[W])=CN(c2ccccc2)c2ccccc2C)cc1. The molecular weight excluding hydrogens is 498 g/mol. The van der Waals surface area contributed by atoms with Gasteiger partial charge in [-0.15, -0.1) is 0 Å². The van der Waals surface area contributed by atoms with Crippen molar-refractivity contribution < 1.29 is 19.4 Å². The molecule has 0 aliphatic heterocycles. The van der Waals surface area contributed by atoms with E-state index in [0.717, 1.165) is 5.69 Å². The summed E-state index contributed by atoms with van der Waals surface area (Å²) in [6.07, 6.45) is 6.55. The van der Waals surface area contributed by atoms with Gasteiger partial charge in [-0.05, 0) is 0 Å². The number of hydrogen-bond donors (Lipinski definition) is 0. The maximum atomic E-state index is 2.28. The van der Waals surface area contributed by atoms with Crippen molar-refractivity contribution in [3.8, 4) is 0 Å². The molecule has 3 rings (SSSR count). The van der Waals surface area contributed by atoms with Crippen LogP contribution in [0.25, 0.3) is 5.57 Å². The Morgan fingerprint density at radius 1 is 0.815 bits per heavy atom. The molecule has 0 amide bonds. The minimum atomic E-state index is 1.15. The molecule has 2 heteroatoms. The third-order valence-corrected chi connectivity index (χ3v) is 4.98.